The summed E-state index contributed by atoms with van der Waals surface area (Å²) in [6.07, 6.45) is -0.160. The molecule has 3 rings (SSSR count). The quantitative estimate of drug-likeness (QED) is 0.561. The SMILES string of the molecule is CCN(C(=O)C(C)CCNC(=O)OCC1c2ccccc2-c2ccccc21)C(C)CC(=O)O. The average molecular weight is 453 g/mol. The largest absolute Gasteiger partial charge is 0.481 e. The molecule has 0 heterocycles. The summed E-state index contributed by atoms with van der Waals surface area (Å²) in [5.41, 5.74) is 4.65. The van der Waals surface area contributed by atoms with Gasteiger partial charge in [-0.2, -0.15) is 0 Å². The van der Waals surface area contributed by atoms with Gasteiger partial charge >= 0.3 is 12.1 Å². The third kappa shape index (κ3) is 5.72. The van der Waals surface area contributed by atoms with Crippen molar-refractivity contribution >= 4 is 18.0 Å². The molecule has 0 spiro atoms. The third-order valence-electron chi connectivity index (χ3n) is 6.24. The molecule has 0 aliphatic heterocycles. The molecule has 2 aromatic carbocycles. The van der Waals surface area contributed by atoms with Crippen molar-refractivity contribution in [2.45, 2.75) is 45.6 Å². The van der Waals surface area contributed by atoms with Crippen LogP contribution in [-0.4, -0.2) is 53.7 Å². The smallest absolute Gasteiger partial charge is 0.407 e. The Morgan fingerprint density at radius 2 is 1.61 bits per heavy atom. The van der Waals surface area contributed by atoms with Crippen LogP contribution in [0.15, 0.2) is 48.5 Å². The number of nitrogens with zero attached hydrogens (tertiary/aromatic N) is 1. The normalized spacial score (nSPS) is 14.0. The van der Waals surface area contributed by atoms with Crippen LogP contribution in [0.1, 0.15) is 50.7 Å². The van der Waals surface area contributed by atoms with Crippen molar-refractivity contribution in [1.82, 2.24) is 10.2 Å². The zero-order valence-corrected chi connectivity index (χ0v) is 19.4. The molecule has 2 unspecified atom stereocenters. The molecule has 0 fully saturated rings. The summed E-state index contributed by atoms with van der Waals surface area (Å²) in [5.74, 6) is -1.38. The van der Waals surface area contributed by atoms with Gasteiger partial charge in [-0.1, -0.05) is 55.5 Å². The van der Waals surface area contributed by atoms with Crippen LogP contribution in [0.5, 0.6) is 0 Å². The summed E-state index contributed by atoms with van der Waals surface area (Å²) in [6.45, 7) is 6.34. The number of hydrogen-bond acceptors (Lipinski definition) is 4. The summed E-state index contributed by atoms with van der Waals surface area (Å²) in [5, 5.41) is 11.7. The molecule has 2 amide bonds. The van der Waals surface area contributed by atoms with E-state index >= 15 is 0 Å². The standard InChI is InChI=1S/C26H32N2O5/c1-4-28(18(3)15-24(29)30)25(31)17(2)13-14-27-26(32)33-16-23-21-11-7-5-9-19(21)20-10-6-8-12-22(20)23/h5-12,17-18,23H,4,13-16H2,1-3H3,(H,27,32)(H,29,30). The Bertz CT molecular complexity index is 960. The molecule has 0 bridgehead atoms. The number of aliphatic carboxylic acids is 1. The molecule has 1 aliphatic carbocycles. The van der Waals surface area contributed by atoms with Crippen molar-refractivity contribution in [2.24, 2.45) is 5.92 Å². The summed E-state index contributed by atoms with van der Waals surface area (Å²) in [4.78, 5) is 37.5. The Kier molecular flexibility index (Phi) is 8.09. The molecule has 2 atom stereocenters. The fraction of sp³-hybridized carbons (Fsp3) is 0.423. The fourth-order valence-electron chi connectivity index (χ4n) is 4.49. The molecule has 2 aromatic rings. The topological polar surface area (TPSA) is 95.9 Å². The number of benzene rings is 2. The van der Waals surface area contributed by atoms with Crippen LogP contribution in [0.4, 0.5) is 4.79 Å². The van der Waals surface area contributed by atoms with Gasteiger partial charge in [0.2, 0.25) is 5.91 Å². The monoisotopic (exact) mass is 452 g/mol. The number of fused-ring (bicyclic) bond motifs is 3. The molecule has 1 aliphatic rings. The average Bonchev–Trinajstić information content (AvgIpc) is 3.11. The molecule has 0 aromatic heterocycles. The predicted molar refractivity (Wildman–Crippen MR) is 126 cm³/mol. The maximum absolute atomic E-state index is 12.7. The highest BCUT2D eigenvalue weighted by molar-refractivity contribution is 5.80. The molecule has 176 valence electrons. The van der Waals surface area contributed by atoms with Crippen LogP contribution >= 0.6 is 0 Å². The minimum Gasteiger partial charge on any atom is -0.481 e. The van der Waals surface area contributed by atoms with Gasteiger partial charge in [0.05, 0.1) is 6.42 Å². The van der Waals surface area contributed by atoms with E-state index in [1.807, 2.05) is 31.2 Å². The second kappa shape index (κ2) is 11.0. The lowest BCUT2D eigenvalue weighted by Crippen LogP contribution is -2.43. The lowest BCUT2D eigenvalue weighted by molar-refractivity contribution is -0.141. The van der Waals surface area contributed by atoms with Crippen molar-refractivity contribution in [3.05, 3.63) is 59.7 Å². The summed E-state index contributed by atoms with van der Waals surface area (Å²) < 4.78 is 5.52. The molecule has 2 N–H and O–H groups in total. The van der Waals surface area contributed by atoms with E-state index in [1.165, 1.54) is 11.1 Å². The van der Waals surface area contributed by atoms with E-state index in [1.54, 1.807) is 18.7 Å². The number of carboxylic acids is 1. The van der Waals surface area contributed by atoms with Crippen molar-refractivity contribution in [3.8, 4) is 11.1 Å². The fourth-order valence-corrected chi connectivity index (χ4v) is 4.49. The van der Waals surface area contributed by atoms with E-state index < -0.39 is 12.1 Å². The Morgan fingerprint density at radius 3 is 2.15 bits per heavy atom. The van der Waals surface area contributed by atoms with Gasteiger partial charge in [0.1, 0.15) is 6.61 Å². The molecule has 7 heteroatoms. The summed E-state index contributed by atoms with van der Waals surface area (Å²) >= 11 is 0. The number of rotatable bonds is 10. The Labute approximate surface area is 194 Å². The molecule has 0 saturated carbocycles. The van der Waals surface area contributed by atoms with Crippen LogP contribution in [0.3, 0.4) is 0 Å². The zero-order chi connectivity index (χ0) is 24.0. The van der Waals surface area contributed by atoms with Gasteiger partial charge < -0.3 is 20.1 Å². The summed E-state index contributed by atoms with van der Waals surface area (Å²) in [7, 11) is 0. The minimum atomic E-state index is -0.932. The maximum Gasteiger partial charge on any atom is 0.407 e. The highest BCUT2D eigenvalue weighted by atomic mass is 16.5. The number of hydrogen-bond donors (Lipinski definition) is 2. The number of amides is 2. The molecular formula is C26H32N2O5. The van der Waals surface area contributed by atoms with Gasteiger partial charge in [0.25, 0.3) is 0 Å². The second-order valence-electron chi connectivity index (χ2n) is 8.51. The molecule has 0 saturated heterocycles. The Balaban J connectivity index is 1.48. The highest BCUT2D eigenvalue weighted by Crippen LogP contribution is 2.44. The number of alkyl carbamates (subject to hydrolysis) is 1. The first-order valence-corrected chi connectivity index (χ1v) is 11.4. The zero-order valence-electron chi connectivity index (χ0n) is 19.4. The van der Waals surface area contributed by atoms with Crippen LogP contribution < -0.4 is 5.32 Å². The third-order valence-corrected chi connectivity index (χ3v) is 6.24. The maximum atomic E-state index is 12.7. The van der Waals surface area contributed by atoms with Crippen LogP contribution in [0.25, 0.3) is 11.1 Å². The van der Waals surface area contributed by atoms with Crippen LogP contribution in [0, 0.1) is 5.92 Å². The van der Waals surface area contributed by atoms with Gasteiger partial charge in [-0.25, -0.2) is 4.79 Å². The lowest BCUT2D eigenvalue weighted by Gasteiger charge is -2.29. The predicted octanol–water partition coefficient (Wildman–Crippen LogP) is 4.26. The van der Waals surface area contributed by atoms with E-state index in [9.17, 15) is 14.4 Å². The first-order valence-electron chi connectivity index (χ1n) is 11.4. The van der Waals surface area contributed by atoms with E-state index in [4.69, 9.17) is 9.84 Å². The van der Waals surface area contributed by atoms with E-state index in [-0.39, 0.29) is 36.8 Å². The highest BCUT2D eigenvalue weighted by Gasteiger charge is 2.29. The molecule has 7 nitrogen and oxygen atoms in total. The Hall–Kier alpha value is -3.35. The number of carbonyl (C=O) groups excluding carboxylic acids is 2. The number of nitrogens with one attached hydrogen (secondary N) is 1. The van der Waals surface area contributed by atoms with Gasteiger partial charge in [-0.3, -0.25) is 9.59 Å². The van der Waals surface area contributed by atoms with Gasteiger partial charge in [0, 0.05) is 31.0 Å². The second-order valence-corrected chi connectivity index (χ2v) is 8.51. The van der Waals surface area contributed by atoms with Crippen LogP contribution in [-0.2, 0) is 14.3 Å². The minimum absolute atomic E-state index is 0.00233. The Morgan fingerprint density at radius 1 is 1.03 bits per heavy atom. The van der Waals surface area contributed by atoms with Crippen molar-refractivity contribution in [2.75, 3.05) is 19.7 Å². The van der Waals surface area contributed by atoms with E-state index in [0.29, 0.717) is 19.5 Å². The molecular weight excluding hydrogens is 420 g/mol. The van der Waals surface area contributed by atoms with Crippen molar-refractivity contribution in [3.63, 3.8) is 0 Å². The van der Waals surface area contributed by atoms with Crippen LogP contribution in [0.2, 0.25) is 0 Å². The first kappa shape index (κ1) is 24.3. The van der Waals surface area contributed by atoms with Crippen molar-refractivity contribution in [1.29, 1.82) is 0 Å². The first-order chi connectivity index (χ1) is 15.8. The lowest BCUT2D eigenvalue weighted by atomic mass is 9.98. The van der Waals surface area contributed by atoms with Gasteiger partial charge in [0.15, 0.2) is 0 Å². The summed E-state index contributed by atoms with van der Waals surface area (Å²) in [6, 6.07) is 15.9. The van der Waals surface area contributed by atoms with Gasteiger partial charge in [-0.05, 0) is 42.5 Å². The number of carboxylic acid groups (broad SMARTS) is 1. The van der Waals surface area contributed by atoms with E-state index in [0.717, 1.165) is 11.1 Å². The molecule has 33 heavy (non-hydrogen) atoms. The number of carbonyl (C=O) groups is 3. The van der Waals surface area contributed by atoms with Gasteiger partial charge in [-0.15, -0.1) is 0 Å². The van der Waals surface area contributed by atoms with Crippen molar-refractivity contribution < 1.29 is 24.2 Å². The van der Waals surface area contributed by atoms with E-state index in [2.05, 4.69) is 29.6 Å². The molecule has 0 radical (unpaired) electrons. The number of ether oxygens (including phenoxy) is 1.